The van der Waals surface area contributed by atoms with E-state index in [9.17, 15) is 9.59 Å². The second-order valence-corrected chi connectivity index (χ2v) is 9.45. The second-order valence-electron chi connectivity index (χ2n) is 8.39. The van der Waals surface area contributed by atoms with E-state index in [0.717, 1.165) is 76.5 Å². The van der Waals surface area contributed by atoms with Gasteiger partial charge in [-0.05, 0) is 52.2 Å². The number of nitrogens with one attached hydrogen (secondary N) is 1. The van der Waals surface area contributed by atoms with Gasteiger partial charge in [0, 0.05) is 49.9 Å². The third-order valence-electron chi connectivity index (χ3n) is 6.36. The molecule has 3 heterocycles. The molecule has 2 saturated heterocycles. The molecule has 2 fully saturated rings. The van der Waals surface area contributed by atoms with Crippen molar-refractivity contribution in [1.29, 1.82) is 0 Å². The van der Waals surface area contributed by atoms with Gasteiger partial charge in [-0.3, -0.25) is 9.59 Å². The molecule has 3 aliphatic rings. The van der Waals surface area contributed by atoms with Gasteiger partial charge in [0.2, 0.25) is 11.8 Å². The highest BCUT2D eigenvalue weighted by Gasteiger charge is 2.30. The minimum atomic E-state index is 0.0787. The van der Waals surface area contributed by atoms with Crippen molar-refractivity contribution in [1.82, 2.24) is 20.1 Å². The lowest BCUT2D eigenvalue weighted by Crippen LogP contribution is -2.48. The molecule has 28 heavy (non-hydrogen) atoms. The third kappa shape index (κ3) is 4.33. The number of nitrogens with zero attached hydrogens (tertiary/aromatic N) is 4. The Kier molecular flexibility index (Phi) is 5.87. The first-order valence-electron chi connectivity index (χ1n) is 10.5. The highest BCUT2D eigenvalue weighted by molar-refractivity contribution is 7.15. The topological polar surface area (TPSA) is 68.8 Å². The number of carbonyl (C=O) groups excluding carboxylic acids is 2. The Balaban J connectivity index is 1.33. The van der Waals surface area contributed by atoms with Gasteiger partial charge < -0.3 is 20.0 Å². The van der Waals surface area contributed by atoms with E-state index in [1.54, 1.807) is 18.3 Å². The summed E-state index contributed by atoms with van der Waals surface area (Å²) in [6.07, 6.45) is 4.71. The summed E-state index contributed by atoms with van der Waals surface area (Å²) in [7, 11) is 2.14. The Morgan fingerprint density at radius 1 is 1.07 bits per heavy atom. The zero-order chi connectivity index (χ0) is 19.7. The van der Waals surface area contributed by atoms with Gasteiger partial charge in [-0.2, -0.15) is 0 Å². The summed E-state index contributed by atoms with van der Waals surface area (Å²) in [5.74, 6) is 0.455. The summed E-state index contributed by atoms with van der Waals surface area (Å²) in [5, 5.41) is 4.36. The summed E-state index contributed by atoms with van der Waals surface area (Å²) >= 11 is 1.74. The van der Waals surface area contributed by atoms with Gasteiger partial charge in [0.05, 0.1) is 5.69 Å². The van der Waals surface area contributed by atoms with E-state index < -0.39 is 0 Å². The quantitative estimate of drug-likeness (QED) is 0.816. The van der Waals surface area contributed by atoms with E-state index in [-0.39, 0.29) is 17.7 Å². The highest BCUT2D eigenvalue weighted by Crippen LogP contribution is 2.34. The van der Waals surface area contributed by atoms with Crippen LogP contribution in [0.2, 0.25) is 0 Å². The number of rotatable bonds is 3. The average Bonchev–Trinajstić information content (AvgIpc) is 3.13. The molecule has 7 nitrogen and oxygen atoms in total. The molecule has 0 unspecified atom stereocenters. The largest absolute Gasteiger partial charge is 0.353 e. The van der Waals surface area contributed by atoms with Crippen LogP contribution >= 0.6 is 11.3 Å². The number of anilines is 1. The van der Waals surface area contributed by atoms with Crippen molar-refractivity contribution in [2.75, 3.05) is 51.2 Å². The van der Waals surface area contributed by atoms with Gasteiger partial charge in [0.25, 0.3) is 0 Å². The standard InChI is InChI=1S/C20H31N5O2S/c1-14(26)24-9-11-25(12-10-24)20-22-17-4-3-15(13-18(17)28-20)19(27)21-16-5-7-23(2)8-6-16/h15-16H,3-13H2,1-2H3,(H,21,27)/t15-/m0/s1. The maximum atomic E-state index is 12.8. The number of carbonyl (C=O) groups is 2. The number of likely N-dealkylation sites (tertiary alicyclic amines) is 1. The van der Waals surface area contributed by atoms with E-state index in [0.29, 0.717) is 6.04 Å². The van der Waals surface area contributed by atoms with E-state index in [1.807, 2.05) is 4.90 Å². The molecular weight excluding hydrogens is 374 g/mol. The molecule has 0 spiro atoms. The van der Waals surface area contributed by atoms with Gasteiger partial charge >= 0.3 is 0 Å². The van der Waals surface area contributed by atoms with Crippen LogP contribution in [0.15, 0.2) is 0 Å². The molecule has 8 heteroatoms. The first-order valence-corrected chi connectivity index (χ1v) is 11.3. The summed E-state index contributed by atoms with van der Waals surface area (Å²) in [4.78, 5) is 36.9. The van der Waals surface area contributed by atoms with Crippen LogP contribution in [-0.2, 0) is 22.4 Å². The molecular formula is C20H31N5O2S. The second kappa shape index (κ2) is 8.37. The number of piperidine rings is 1. The lowest BCUT2D eigenvalue weighted by atomic mass is 9.90. The maximum Gasteiger partial charge on any atom is 0.223 e. The van der Waals surface area contributed by atoms with Crippen LogP contribution in [0.5, 0.6) is 0 Å². The number of hydrogen-bond acceptors (Lipinski definition) is 6. The summed E-state index contributed by atoms with van der Waals surface area (Å²) in [6.45, 7) is 6.97. The minimum Gasteiger partial charge on any atom is -0.353 e. The molecule has 2 aliphatic heterocycles. The molecule has 0 aromatic carbocycles. The van der Waals surface area contributed by atoms with Crippen molar-refractivity contribution in [3.63, 3.8) is 0 Å². The molecule has 1 aliphatic carbocycles. The molecule has 154 valence electrons. The fraction of sp³-hybridized carbons (Fsp3) is 0.750. The van der Waals surface area contributed by atoms with Crippen LogP contribution in [-0.4, -0.2) is 79.0 Å². The Bertz CT molecular complexity index is 720. The van der Waals surface area contributed by atoms with Gasteiger partial charge in [-0.1, -0.05) is 0 Å². The van der Waals surface area contributed by atoms with Crippen molar-refractivity contribution >= 4 is 28.3 Å². The predicted molar refractivity (Wildman–Crippen MR) is 111 cm³/mol. The van der Waals surface area contributed by atoms with Crippen LogP contribution in [0.3, 0.4) is 0 Å². The average molecular weight is 406 g/mol. The number of fused-ring (bicyclic) bond motifs is 1. The summed E-state index contributed by atoms with van der Waals surface area (Å²) in [6, 6.07) is 0.333. The van der Waals surface area contributed by atoms with Gasteiger partial charge in [0.15, 0.2) is 5.13 Å². The summed E-state index contributed by atoms with van der Waals surface area (Å²) in [5.41, 5.74) is 1.18. The van der Waals surface area contributed by atoms with Gasteiger partial charge in [-0.15, -0.1) is 11.3 Å². The fourth-order valence-corrected chi connectivity index (χ4v) is 5.64. The maximum absolute atomic E-state index is 12.8. The minimum absolute atomic E-state index is 0.0787. The van der Waals surface area contributed by atoms with Crippen molar-refractivity contribution in [3.8, 4) is 0 Å². The highest BCUT2D eigenvalue weighted by atomic mass is 32.1. The first kappa shape index (κ1) is 19.6. The molecule has 0 radical (unpaired) electrons. The number of amides is 2. The Morgan fingerprint density at radius 3 is 2.46 bits per heavy atom. The first-order chi connectivity index (χ1) is 13.5. The van der Waals surface area contributed by atoms with Gasteiger partial charge in [-0.25, -0.2) is 4.98 Å². The van der Waals surface area contributed by atoms with Crippen LogP contribution in [0.25, 0.3) is 0 Å². The number of piperazine rings is 1. The monoisotopic (exact) mass is 405 g/mol. The van der Waals surface area contributed by atoms with E-state index >= 15 is 0 Å². The molecule has 1 atom stereocenters. The van der Waals surface area contributed by atoms with Crippen LogP contribution in [0.1, 0.15) is 36.8 Å². The predicted octanol–water partition coefficient (Wildman–Crippen LogP) is 1.13. The van der Waals surface area contributed by atoms with E-state index in [2.05, 4.69) is 22.2 Å². The number of thiazole rings is 1. The lowest BCUT2D eigenvalue weighted by Gasteiger charge is -2.33. The lowest BCUT2D eigenvalue weighted by molar-refractivity contribution is -0.129. The zero-order valence-corrected chi connectivity index (χ0v) is 17.8. The zero-order valence-electron chi connectivity index (χ0n) is 16.9. The van der Waals surface area contributed by atoms with Crippen LogP contribution in [0, 0.1) is 5.92 Å². The summed E-state index contributed by atoms with van der Waals surface area (Å²) < 4.78 is 0. The smallest absolute Gasteiger partial charge is 0.223 e. The SMILES string of the molecule is CC(=O)N1CCN(c2nc3c(s2)C[C@@H](C(=O)NC2CCN(C)CC2)CC3)CC1. The molecule has 2 amide bonds. The van der Waals surface area contributed by atoms with Gasteiger partial charge in [0.1, 0.15) is 0 Å². The van der Waals surface area contributed by atoms with Crippen LogP contribution < -0.4 is 10.2 Å². The normalized spacial score (nSPS) is 24.1. The molecule has 1 aromatic rings. The molecule has 1 N–H and O–H groups in total. The number of aromatic nitrogens is 1. The molecule has 0 bridgehead atoms. The van der Waals surface area contributed by atoms with Crippen molar-refractivity contribution in [3.05, 3.63) is 10.6 Å². The van der Waals surface area contributed by atoms with Crippen molar-refractivity contribution in [2.24, 2.45) is 5.92 Å². The fourth-order valence-electron chi connectivity index (χ4n) is 4.40. The number of hydrogen-bond donors (Lipinski definition) is 1. The third-order valence-corrected chi connectivity index (χ3v) is 7.54. The Morgan fingerprint density at radius 2 is 1.79 bits per heavy atom. The molecule has 4 rings (SSSR count). The van der Waals surface area contributed by atoms with E-state index in [1.165, 1.54) is 10.6 Å². The van der Waals surface area contributed by atoms with Crippen molar-refractivity contribution < 1.29 is 9.59 Å². The van der Waals surface area contributed by atoms with Crippen LogP contribution in [0.4, 0.5) is 5.13 Å². The molecule has 0 saturated carbocycles. The Labute approximate surface area is 171 Å². The number of aryl methyl sites for hydroxylation is 1. The van der Waals surface area contributed by atoms with E-state index in [4.69, 9.17) is 4.98 Å². The molecule has 1 aromatic heterocycles. The van der Waals surface area contributed by atoms with Crippen molar-refractivity contribution in [2.45, 2.75) is 45.1 Å². The Hall–Kier alpha value is -1.67.